The van der Waals surface area contributed by atoms with Gasteiger partial charge in [0.1, 0.15) is 6.54 Å². The summed E-state index contributed by atoms with van der Waals surface area (Å²) in [6.45, 7) is 3.17. The van der Waals surface area contributed by atoms with E-state index in [-0.39, 0.29) is 18.4 Å². The van der Waals surface area contributed by atoms with E-state index in [1.165, 1.54) is 11.8 Å². The molecule has 23 heavy (non-hydrogen) atoms. The summed E-state index contributed by atoms with van der Waals surface area (Å²) in [5.41, 5.74) is 2.62. The van der Waals surface area contributed by atoms with Crippen molar-refractivity contribution in [3.8, 4) is 6.07 Å². The minimum atomic E-state index is -0.295. The molecule has 0 atom stereocenters. The summed E-state index contributed by atoms with van der Waals surface area (Å²) in [5.74, 6) is -0.558. The lowest BCUT2D eigenvalue weighted by atomic mass is 10.2. The second kappa shape index (κ2) is 7.23. The first-order valence-electron chi connectivity index (χ1n) is 7.15. The molecular formula is C18H17N3O2. The summed E-state index contributed by atoms with van der Waals surface area (Å²) in [4.78, 5) is 25.4. The summed E-state index contributed by atoms with van der Waals surface area (Å²) in [6.07, 6.45) is 0. The first-order chi connectivity index (χ1) is 11.0. The maximum atomic E-state index is 12.2. The predicted molar refractivity (Wildman–Crippen MR) is 89.0 cm³/mol. The molecule has 0 spiro atoms. The van der Waals surface area contributed by atoms with Crippen molar-refractivity contribution in [1.82, 2.24) is 0 Å². The van der Waals surface area contributed by atoms with Crippen LogP contribution in [-0.2, 0) is 9.59 Å². The molecule has 0 unspecified atom stereocenters. The summed E-state index contributed by atoms with van der Waals surface area (Å²) < 4.78 is 0. The SMILES string of the molecule is CC(=O)N(CC(=O)Nc1ccccc1C)c1cccc(C#N)c1. The van der Waals surface area contributed by atoms with Crippen molar-refractivity contribution in [1.29, 1.82) is 5.26 Å². The Kier molecular flexibility index (Phi) is 5.11. The average molecular weight is 307 g/mol. The average Bonchev–Trinajstić information content (AvgIpc) is 2.54. The van der Waals surface area contributed by atoms with Gasteiger partial charge in [-0.2, -0.15) is 5.26 Å². The van der Waals surface area contributed by atoms with Crippen molar-refractivity contribution < 1.29 is 9.59 Å². The standard InChI is InChI=1S/C18H17N3O2/c1-13-6-3-4-9-17(13)20-18(23)12-21(14(2)22)16-8-5-7-15(10-16)11-19/h3-10H,12H2,1-2H3,(H,20,23). The smallest absolute Gasteiger partial charge is 0.244 e. The molecule has 0 aromatic heterocycles. The number of nitrogens with one attached hydrogen (secondary N) is 1. The number of carbonyl (C=O) groups excluding carboxylic acids is 2. The minimum Gasteiger partial charge on any atom is -0.324 e. The number of carbonyl (C=O) groups is 2. The fraction of sp³-hybridized carbons (Fsp3) is 0.167. The van der Waals surface area contributed by atoms with Crippen molar-refractivity contribution in [2.75, 3.05) is 16.8 Å². The van der Waals surface area contributed by atoms with Gasteiger partial charge in [-0.1, -0.05) is 24.3 Å². The molecule has 5 heteroatoms. The molecule has 0 saturated carbocycles. The quantitative estimate of drug-likeness (QED) is 0.944. The first kappa shape index (κ1) is 16.2. The van der Waals surface area contributed by atoms with E-state index in [2.05, 4.69) is 5.32 Å². The fourth-order valence-electron chi connectivity index (χ4n) is 2.17. The number of amides is 2. The molecule has 0 aliphatic carbocycles. The molecule has 2 rings (SSSR count). The van der Waals surface area contributed by atoms with Crippen LogP contribution in [0.4, 0.5) is 11.4 Å². The Morgan fingerprint density at radius 3 is 2.57 bits per heavy atom. The van der Waals surface area contributed by atoms with Crippen molar-refractivity contribution in [2.24, 2.45) is 0 Å². The molecule has 2 aromatic rings. The monoisotopic (exact) mass is 307 g/mol. The Morgan fingerprint density at radius 1 is 1.17 bits per heavy atom. The number of nitriles is 1. The van der Waals surface area contributed by atoms with Crippen molar-refractivity contribution in [3.63, 3.8) is 0 Å². The van der Waals surface area contributed by atoms with Gasteiger partial charge in [0, 0.05) is 18.3 Å². The number of nitrogens with zero attached hydrogens (tertiary/aromatic N) is 2. The van der Waals surface area contributed by atoms with Crippen LogP contribution in [0.15, 0.2) is 48.5 Å². The Hall–Kier alpha value is -3.13. The van der Waals surface area contributed by atoms with E-state index in [1.54, 1.807) is 24.3 Å². The van der Waals surface area contributed by atoms with Crippen LogP contribution in [0.2, 0.25) is 0 Å². The van der Waals surface area contributed by atoms with Crippen molar-refractivity contribution in [3.05, 3.63) is 59.7 Å². The van der Waals surface area contributed by atoms with Crippen LogP contribution in [0.1, 0.15) is 18.1 Å². The molecule has 0 aliphatic rings. The second-order valence-electron chi connectivity index (χ2n) is 5.13. The zero-order chi connectivity index (χ0) is 16.8. The number of rotatable bonds is 4. The van der Waals surface area contributed by atoms with Gasteiger partial charge in [0.25, 0.3) is 0 Å². The molecule has 0 fully saturated rings. The summed E-state index contributed by atoms with van der Waals surface area (Å²) in [7, 11) is 0. The lowest BCUT2D eigenvalue weighted by Crippen LogP contribution is -2.36. The van der Waals surface area contributed by atoms with Crippen LogP contribution in [-0.4, -0.2) is 18.4 Å². The van der Waals surface area contributed by atoms with Gasteiger partial charge in [0.15, 0.2) is 0 Å². The van der Waals surface area contributed by atoms with Crippen LogP contribution in [0, 0.1) is 18.3 Å². The van der Waals surface area contributed by atoms with E-state index in [0.29, 0.717) is 16.9 Å². The Labute approximate surface area is 135 Å². The third-order valence-electron chi connectivity index (χ3n) is 3.39. The van der Waals surface area contributed by atoms with Gasteiger partial charge < -0.3 is 10.2 Å². The third kappa shape index (κ3) is 4.17. The topological polar surface area (TPSA) is 73.2 Å². The number of benzene rings is 2. The van der Waals surface area contributed by atoms with Gasteiger partial charge in [-0.05, 0) is 36.8 Å². The number of aryl methyl sites for hydroxylation is 1. The van der Waals surface area contributed by atoms with E-state index in [0.717, 1.165) is 5.56 Å². The van der Waals surface area contributed by atoms with Gasteiger partial charge in [-0.15, -0.1) is 0 Å². The highest BCUT2D eigenvalue weighted by Crippen LogP contribution is 2.17. The molecule has 0 radical (unpaired) electrons. The number of anilines is 2. The normalized spacial score (nSPS) is 9.78. The molecule has 5 nitrogen and oxygen atoms in total. The highest BCUT2D eigenvalue weighted by molar-refractivity contribution is 6.02. The van der Waals surface area contributed by atoms with E-state index in [4.69, 9.17) is 5.26 Å². The molecule has 116 valence electrons. The molecular weight excluding hydrogens is 290 g/mol. The Bertz CT molecular complexity index is 778. The molecule has 0 aliphatic heterocycles. The zero-order valence-electron chi connectivity index (χ0n) is 13.0. The molecule has 0 heterocycles. The largest absolute Gasteiger partial charge is 0.324 e. The summed E-state index contributed by atoms with van der Waals surface area (Å²) in [6, 6.07) is 16.1. The maximum Gasteiger partial charge on any atom is 0.244 e. The van der Waals surface area contributed by atoms with Crippen LogP contribution < -0.4 is 10.2 Å². The number of para-hydroxylation sites is 1. The zero-order valence-corrected chi connectivity index (χ0v) is 13.0. The molecule has 0 bridgehead atoms. The highest BCUT2D eigenvalue weighted by Gasteiger charge is 2.16. The van der Waals surface area contributed by atoms with Gasteiger partial charge in [0.2, 0.25) is 11.8 Å². The molecule has 2 amide bonds. The summed E-state index contributed by atoms with van der Waals surface area (Å²) >= 11 is 0. The lowest BCUT2D eigenvalue weighted by molar-refractivity contribution is -0.120. The van der Waals surface area contributed by atoms with Gasteiger partial charge in [0.05, 0.1) is 11.6 Å². The minimum absolute atomic E-state index is 0.113. The Balaban J connectivity index is 2.16. The van der Waals surface area contributed by atoms with E-state index >= 15 is 0 Å². The third-order valence-corrected chi connectivity index (χ3v) is 3.39. The van der Waals surface area contributed by atoms with Crippen molar-refractivity contribution >= 4 is 23.2 Å². The van der Waals surface area contributed by atoms with Gasteiger partial charge in [-0.25, -0.2) is 0 Å². The van der Waals surface area contributed by atoms with Crippen LogP contribution in [0.5, 0.6) is 0 Å². The molecule has 0 saturated heterocycles. The van der Waals surface area contributed by atoms with Gasteiger partial charge in [-0.3, -0.25) is 9.59 Å². The highest BCUT2D eigenvalue weighted by atomic mass is 16.2. The Morgan fingerprint density at radius 2 is 1.91 bits per heavy atom. The predicted octanol–water partition coefficient (Wildman–Crippen LogP) is 2.86. The van der Waals surface area contributed by atoms with Crippen LogP contribution >= 0.6 is 0 Å². The number of hydrogen-bond donors (Lipinski definition) is 1. The van der Waals surface area contributed by atoms with E-state index in [1.807, 2.05) is 37.3 Å². The van der Waals surface area contributed by atoms with E-state index in [9.17, 15) is 9.59 Å². The fourth-order valence-corrected chi connectivity index (χ4v) is 2.17. The molecule has 2 aromatic carbocycles. The maximum absolute atomic E-state index is 12.2. The number of hydrogen-bond acceptors (Lipinski definition) is 3. The second-order valence-corrected chi connectivity index (χ2v) is 5.13. The van der Waals surface area contributed by atoms with Gasteiger partial charge >= 0.3 is 0 Å². The first-order valence-corrected chi connectivity index (χ1v) is 7.15. The lowest BCUT2D eigenvalue weighted by Gasteiger charge is -2.21. The summed E-state index contributed by atoms with van der Waals surface area (Å²) in [5, 5.41) is 11.8. The van der Waals surface area contributed by atoms with E-state index < -0.39 is 0 Å². The van der Waals surface area contributed by atoms with Crippen LogP contribution in [0.3, 0.4) is 0 Å². The molecule has 1 N–H and O–H groups in total. The van der Waals surface area contributed by atoms with Crippen LogP contribution in [0.25, 0.3) is 0 Å². The van der Waals surface area contributed by atoms with Crippen molar-refractivity contribution in [2.45, 2.75) is 13.8 Å².